The molecule has 0 spiro atoms. The summed E-state index contributed by atoms with van der Waals surface area (Å²) in [7, 11) is 0. The zero-order chi connectivity index (χ0) is 14.1. The quantitative estimate of drug-likeness (QED) is 0.782. The van der Waals surface area contributed by atoms with Gasteiger partial charge >= 0.3 is 0 Å². The number of nitrogens with zero attached hydrogens (tertiary/aromatic N) is 3. The SMILES string of the molecule is Cc1cc(C)c(C#N)c(N2CCC3CCCCC3C2)n1. The van der Waals surface area contributed by atoms with Crippen LogP contribution in [0.3, 0.4) is 0 Å². The topological polar surface area (TPSA) is 39.9 Å². The molecule has 2 fully saturated rings. The van der Waals surface area contributed by atoms with E-state index in [1.54, 1.807) is 0 Å². The molecule has 2 atom stereocenters. The fourth-order valence-electron chi connectivity index (χ4n) is 3.98. The van der Waals surface area contributed by atoms with E-state index in [0.717, 1.165) is 47.6 Å². The summed E-state index contributed by atoms with van der Waals surface area (Å²) < 4.78 is 0. The van der Waals surface area contributed by atoms with Crippen LogP contribution in [-0.4, -0.2) is 18.1 Å². The Bertz CT molecular complexity index is 544. The highest BCUT2D eigenvalue weighted by molar-refractivity contribution is 5.58. The van der Waals surface area contributed by atoms with Gasteiger partial charge < -0.3 is 4.90 Å². The van der Waals surface area contributed by atoms with E-state index >= 15 is 0 Å². The summed E-state index contributed by atoms with van der Waals surface area (Å²) in [6, 6.07) is 4.37. The predicted molar refractivity (Wildman–Crippen MR) is 80.7 cm³/mol. The third-order valence-electron chi connectivity index (χ3n) is 5.03. The molecule has 0 N–H and O–H groups in total. The van der Waals surface area contributed by atoms with E-state index in [-0.39, 0.29) is 0 Å². The van der Waals surface area contributed by atoms with E-state index in [9.17, 15) is 5.26 Å². The molecule has 1 aliphatic carbocycles. The van der Waals surface area contributed by atoms with E-state index in [0.29, 0.717) is 0 Å². The summed E-state index contributed by atoms with van der Waals surface area (Å²) in [6.45, 7) is 6.19. The van der Waals surface area contributed by atoms with Crippen molar-refractivity contribution in [2.24, 2.45) is 11.8 Å². The Morgan fingerprint density at radius 1 is 1.20 bits per heavy atom. The lowest BCUT2D eigenvalue weighted by Gasteiger charge is -2.42. The zero-order valence-electron chi connectivity index (χ0n) is 12.5. The molecule has 3 rings (SSSR count). The van der Waals surface area contributed by atoms with Crippen molar-refractivity contribution < 1.29 is 0 Å². The molecule has 1 aliphatic heterocycles. The first-order chi connectivity index (χ1) is 9.69. The van der Waals surface area contributed by atoms with Crippen molar-refractivity contribution in [3.8, 4) is 6.07 Å². The summed E-state index contributed by atoms with van der Waals surface area (Å²) in [6.07, 6.45) is 6.81. The van der Waals surface area contributed by atoms with Crippen molar-refractivity contribution in [1.82, 2.24) is 4.98 Å². The van der Waals surface area contributed by atoms with Crippen molar-refractivity contribution in [3.05, 3.63) is 22.9 Å². The lowest BCUT2D eigenvalue weighted by Crippen LogP contribution is -2.42. The molecule has 0 radical (unpaired) electrons. The van der Waals surface area contributed by atoms with Gasteiger partial charge in [-0.1, -0.05) is 19.3 Å². The van der Waals surface area contributed by atoms with Crippen LogP contribution in [0, 0.1) is 37.0 Å². The lowest BCUT2D eigenvalue weighted by molar-refractivity contribution is 0.202. The second-order valence-electron chi connectivity index (χ2n) is 6.43. The third kappa shape index (κ3) is 2.40. The van der Waals surface area contributed by atoms with Gasteiger partial charge in [0.1, 0.15) is 11.9 Å². The molecule has 106 valence electrons. The van der Waals surface area contributed by atoms with E-state index in [1.807, 2.05) is 19.9 Å². The number of aromatic nitrogens is 1. The molecule has 0 amide bonds. The molecule has 1 saturated heterocycles. The molecule has 2 aliphatic rings. The number of piperidine rings is 1. The summed E-state index contributed by atoms with van der Waals surface area (Å²) >= 11 is 0. The number of rotatable bonds is 1. The van der Waals surface area contributed by atoms with Crippen molar-refractivity contribution in [3.63, 3.8) is 0 Å². The van der Waals surface area contributed by atoms with Gasteiger partial charge in [-0.3, -0.25) is 0 Å². The van der Waals surface area contributed by atoms with Crippen molar-refractivity contribution >= 4 is 5.82 Å². The molecule has 2 heterocycles. The second-order valence-corrected chi connectivity index (χ2v) is 6.43. The predicted octanol–water partition coefficient (Wildman–Crippen LogP) is 3.59. The van der Waals surface area contributed by atoms with Gasteiger partial charge in [0, 0.05) is 18.8 Å². The fourth-order valence-corrected chi connectivity index (χ4v) is 3.98. The molecule has 2 unspecified atom stereocenters. The van der Waals surface area contributed by atoms with Crippen LogP contribution in [0.4, 0.5) is 5.82 Å². The van der Waals surface area contributed by atoms with Crippen LogP contribution in [0.5, 0.6) is 0 Å². The molecule has 1 saturated carbocycles. The minimum absolute atomic E-state index is 0.768. The normalized spacial score (nSPS) is 25.9. The molecule has 3 nitrogen and oxygen atoms in total. The van der Waals surface area contributed by atoms with Crippen molar-refractivity contribution in [2.45, 2.75) is 46.0 Å². The third-order valence-corrected chi connectivity index (χ3v) is 5.03. The van der Waals surface area contributed by atoms with Gasteiger partial charge in [-0.2, -0.15) is 5.26 Å². The fraction of sp³-hybridized carbons (Fsp3) is 0.647. The van der Waals surface area contributed by atoms with Crippen LogP contribution in [0.25, 0.3) is 0 Å². The average molecular weight is 269 g/mol. The van der Waals surface area contributed by atoms with Gasteiger partial charge in [0.2, 0.25) is 0 Å². The molecule has 1 aromatic heterocycles. The standard InChI is InChI=1S/C17H23N3/c1-12-9-13(2)19-17(16(12)10-18)20-8-7-14-5-3-4-6-15(14)11-20/h9,14-15H,3-8,11H2,1-2H3. The number of anilines is 1. The zero-order valence-corrected chi connectivity index (χ0v) is 12.5. The summed E-state index contributed by atoms with van der Waals surface area (Å²) in [5.41, 5.74) is 2.84. The second kappa shape index (κ2) is 5.44. The van der Waals surface area contributed by atoms with Crippen LogP contribution in [0.1, 0.15) is 48.9 Å². The van der Waals surface area contributed by atoms with Crippen molar-refractivity contribution in [1.29, 1.82) is 5.26 Å². The van der Waals surface area contributed by atoms with E-state index in [4.69, 9.17) is 0 Å². The van der Waals surface area contributed by atoms with Crippen LogP contribution < -0.4 is 4.90 Å². The van der Waals surface area contributed by atoms with Gasteiger partial charge in [0.15, 0.2) is 0 Å². The van der Waals surface area contributed by atoms with Gasteiger partial charge in [-0.15, -0.1) is 0 Å². The first-order valence-electron chi connectivity index (χ1n) is 7.82. The maximum absolute atomic E-state index is 9.44. The molecule has 0 bridgehead atoms. The maximum Gasteiger partial charge on any atom is 0.147 e. The van der Waals surface area contributed by atoms with E-state index in [2.05, 4.69) is 16.0 Å². The van der Waals surface area contributed by atoms with Gasteiger partial charge in [-0.25, -0.2) is 4.98 Å². The monoisotopic (exact) mass is 269 g/mol. The van der Waals surface area contributed by atoms with Gasteiger partial charge in [0.25, 0.3) is 0 Å². The Balaban J connectivity index is 1.88. The van der Waals surface area contributed by atoms with Crippen molar-refractivity contribution in [2.75, 3.05) is 18.0 Å². The molecule has 0 aromatic carbocycles. The highest BCUT2D eigenvalue weighted by Gasteiger charge is 2.32. The Hall–Kier alpha value is -1.56. The molecule has 1 aromatic rings. The summed E-state index contributed by atoms with van der Waals surface area (Å²) in [5.74, 6) is 2.65. The number of hydrogen-bond donors (Lipinski definition) is 0. The largest absolute Gasteiger partial charge is 0.355 e. The lowest BCUT2D eigenvalue weighted by atomic mass is 9.75. The number of aryl methyl sites for hydroxylation is 2. The first kappa shape index (κ1) is 13.4. The highest BCUT2D eigenvalue weighted by atomic mass is 15.2. The number of nitriles is 1. The van der Waals surface area contributed by atoms with E-state index in [1.165, 1.54) is 32.1 Å². The average Bonchev–Trinajstić information content (AvgIpc) is 2.46. The Labute approximate surface area is 121 Å². The molecular formula is C17H23N3. The van der Waals surface area contributed by atoms with Crippen LogP contribution >= 0.6 is 0 Å². The Morgan fingerprint density at radius 3 is 2.70 bits per heavy atom. The Morgan fingerprint density at radius 2 is 1.95 bits per heavy atom. The van der Waals surface area contributed by atoms with Crippen LogP contribution in [-0.2, 0) is 0 Å². The molecular weight excluding hydrogens is 246 g/mol. The minimum atomic E-state index is 0.768. The summed E-state index contributed by atoms with van der Waals surface area (Å²) in [5, 5.41) is 9.44. The smallest absolute Gasteiger partial charge is 0.147 e. The van der Waals surface area contributed by atoms with Gasteiger partial charge in [0.05, 0.1) is 5.56 Å². The molecule has 20 heavy (non-hydrogen) atoms. The number of pyridine rings is 1. The van der Waals surface area contributed by atoms with Gasteiger partial charge in [-0.05, 0) is 50.2 Å². The number of fused-ring (bicyclic) bond motifs is 1. The maximum atomic E-state index is 9.44. The van der Waals surface area contributed by atoms with E-state index < -0.39 is 0 Å². The number of hydrogen-bond acceptors (Lipinski definition) is 3. The summed E-state index contributed by atoms with van der Waals surface area (Å²) in [4.78, 5) is 7.04. The first-order valence-corrected chi connectivity index (χ1v) is 7.82. The molecule has 3 heteroatoms. The minimum Gasteiger partial charge on any atom is -0.355 e. The highest BCUT2D eigenvalue weighted by Crippen LogP contribution is 2.38. The van der Waals surface area contributed by atoms with Crippen LogP contribution in [0.15, 0.2) is 6.07 Å². The Kier molecular flexibility index (Phi) is 3.65. The van der Waals surface area contributed by atoms with Crippen LogP contribution in [0.2, 0.25) is 0 Å².